The largest absolute Gasteiger partial charge is 0.486 e. The molecule has 0 aliphatic carbocycles. The average molecular weight is 331 g/mol. The van der Waals surface area contributed by atoms with Gasteiger partial charge in [0.15, 0.2) is 0 Å². The minimum Gasteiger partial charge on any atom is -0.486 e. The van der Waals surface area contributed by atoms with Crippen molar-refractivity contribution in [3.05, 3.63) is 66.4 Å². The van der Waals surface area contributed by atoms with Gasteiger partial charge in [-0.05, 0) is 36.8 Å². The van der Waals surface area contributed by atoms with Crippen LogP contribution < -0.4 is 10.5 Å². The van der Waals surface area contributed by atoms with E-state index in [1.54, 1.807) is 0 Å². The Morgan fingerprint density at radius 3 is 2.52 bits per heavy atom. The molecule has 1 unspecified atom stereocenters. The third-order valence-electron chi connectivity index (χ3n) is 3.89. The van der Waals surface area contributed by atoms with Crippen molar-refractivity contribution in [2.24, 2.45) is 12.8 Å². The molecule has 3 rings (SSSR count). The molecule has 122 valence electrons. The number of nitrogens with zero attached hydrogens (tertiary/aromatic N) is 1. The van der Waals surface area contributed by atoms with Crippen molar-refractivity contribution in [1.29, 1.82) is 0 Å². The molecule has 0 spiro atoms. The van der Waals surface area contributed by atoms with Gasteiger partial charge >= 0.3 is 0 Å². The summed E-state index contributed by atoms with van der Waals surface area (Å²) < 4.78 is 8.35. The molecule has 2 atom stereocenters. The zero-order chi connectivity index (χ0) is 15.5. The maximum absolute atomic E-state index is 6.24. The van der Waals surface area contributed by atoms with Crippen LogP contribution in [-0.4, -0.2) is 10.6 Å². The Morgan fingerprint density at radius 1 is 1.09 bits per heavy atom. The molecule has 0 saturated carbocycles. The maximum atomic E-state index is 6.24. The molecule has 2 aromatic carbocycles. The molecule has 0 aliphatic rings. The highest BCUT2D eigenvalue weighted by atomic mass is 35.5. The molecular formula is C19H23ClN2O. The standard InChI is InChI=1S/C19H22N2O.ClH/c1-14(20)12-19(15-6-4-3-5-7-15)22-17-8-9-18-16(13-17)10-11-21(18)2;/h3-11,13-14,19H,12,20H2,1-2H3;1H/t14?,19-;/m0./s1. The Hall–Kier alpha value is -1.97. The molecule has 3 nitrogen and oxygen atoms in total. The van der Waals surface area contributed by atoms with Crippen molar-refractivity contribution in [2.45, 2.75) is 25.5 Å². The predicted octanol–water partition coefficient (Wildman–Crippen LogP) is 4.46. The molecule has 0 saturated heterocycles. The van der Waals surface area contributed by atoms with Crippen molar-refractivity contribution in [3.63, 3.8) is 0 Å². The SMILES string of the molecule is CC(N)C[C@H](Oc1ccc2c(ccn2C)c1)c1ccccc1.Cl. The first-order chi connectivity index (χ1) is 10.6. The van der Waals surface area contributed by atoms with E-state index in [-0.39, 0.29) is 24.6 Å². The lowest BCUT2D eigenvalue weighted by molar-refractivity contribution is 0.187. The van der Waals surface area contributed by atoms with Gasteiger partial charge in [0.1, 0.15) is 11.9 Å². The third-order valence-corrected chi connectivity index (χ3v) is 3.89. The highest BCUT2D eigenvalue weighted by Crippen LogP contribution is 2.28. The van der Waals surface area contributed by atoms with E-state index in [4.69, 9.17) is 10.5 Å². The normalized spacial score (nSPS) is 13.3. The first kappa shape index (κ1) is 17.4. The Labute approximate surface area is 143 Å². The number of nitrogens with two attached hydrogens (primary N) is 1. The van der Waals surface area contributed by atoms with Gasteiger partial charge < -0.3 is 15.0 Å². The van der Waals surface area contributed by atoms with E-state index in [0.29, 0.717) is 0 Å². The summed E-state index contributed by atoms with van der Waals surface area (Å²) in [5.41, 5.74) is 8.36. The third kappa shape index (κ3) is 4.06. The Balaban J connectivity index is 0.00000192. The summed E-state index contributed by atoms with van der Waals surface area (Å²) >= 11 is 0. The number of rotatable bonds is 5. The van der Waals surface area contributed by atoms with E-state index in [9.17, 15) is 0 Å². The molecule has 0 aliphatic heterocycles. The number of fused-ring (bicyclic) bond motifs is 1. The van der Waals surface area contributed by atoms with Crippen molar-refractivity contribution in [1.82, 2.24) is 4.57 Å². The summed E-state index contributed by atoms with van der Waals surface area (Å²) in [6.07, 6.45) is 2.82. The van der Waals surface area contributed by atoms with Crippen LogP contribution in [0.4, 0.5) is 0 Å². The van der Waals surface area contributed by atoms with Crippen LogP contribution in [0.15, 0.2) is 60.8 Å². The minimum absolute atomic E-state index is 0. The molecule has 0 fully saturated rings. The number of aromatic nitrogens is 1. The van der Waals surface area contributed by atoms with E-state index in [1.807, 2.05) is 38.2 Å². The van der Waals surface area contributed by atoms with Crippen LogP contribution in [0.5, 0.6) is 5.75 Å². The Bertz CT molecular complexity index is 752. The van der Waals surface area contributed by atoms with E-state index in [2.05, 4.69) is 41.1 Å². The van der Waals surface area contributed by atoms with Crippen LogP contribution >= 0.6 is 12.4 Å². The first-order valence-corrected chi connectivity index (χ1v) is 7.66. The van der Waals surface area contributed by atoms with Crippen LogP contribution in [0.2, 0.25) is 0 Å². The summed E-state index contributed by atoms with van der Waals surface area (Å²) in [6.45, 7) is 2.01. The van der Waals surface area contributed by atoms with E-state index in [1.165, 1.54) is 10.9 Å². The Kier molecular flexibility index (Phi) is 5.69. The lowest BCUT2D eigenvalue weighted by atomic mass is 10.0. The highest BCUT2D eigenvalue weighted by Gasteiger charge is 2.15. The molecule has 23 heavy (non-hydrogen) atoms. The zero-order valence-electron chi connectivity index (χ0n) is 13.5. The number of benzene rings is 2. The van der Waals surface area contributed by atoms with Crippen LogP contribution in [0.3, 0.4) is 0 Å². The molecule has 2 N–H and O–H groups in total. The topological polar surface area (TPSA) is 40.2 Å². The zero-order valence-corrected chi connectivity index (χ0v) is 14.3. The fourth-order valence-electron chi connectivity index (χ4n) is 2.75. The van der Waals surface area contributed by atoms with Gasteiger partial charge in [-0.1, -0.05) is 30.3 Å². The number of ether oxygens (including phenoxy) is 1. The fourth-order valence-corrected chi connectivity index (χ4v) is 2.75. The molecule has 0 radical (unpaired) electrons. The van der Waals surface area contributed by atoms with Crippen LogP contribution in [0, 0.1) is 0 Å². The van der Waals surface area contributed by atoms with Crippen molar-refractivity contribution in [3.8, 4) is 5.75 Å². The van der Waals surface area contributed by atoms with Gasteiger partial charge in [0.2, 0.25) is 0 Å². The van der Waals surface area contributed by atoms with Crippen molar-refractivity contribution >= 4 is 23.3 Å². The summed E-state index contributed by atoms with van der Waals surface area (Å²) in [4.78, 5) is 0. The average Bonchev–Trinajstić information content (AvgIpc) is 2.88. The molecule has 0 bridgehead atoms. The quantitative estimate of drug-likeness (QED) is 0.750. The molecule has 1 heterocycles. The Morgan fingerprint density at radius 2 is 1.83 bits per heavy atom. The van der Waals surface area contributed by atoms with Crippen molar-refractivity contribution < 1.29 is 4.74 Å². The van der Waals surface area contributed by atoms with Gasteiger partial charge in [0, 0.05) is 36.6 Å². The van der Waals surface area contributed by atoms with Gasteiger partial charge in [0.05, 0.1) is 0 Å². The van der Waals surface area contributed by atoms with E-state index in [0.717, 1.165) is 17.7 Å². The van der Waals surface area contributed by atoms with Crippen molar-refractivity contribution in [2.75, 3.05) is 0 Å². The molecule has 0 amide bonds. The van der Waals surface area contributed by atoms with Gasteiger partial charge in [-0.2, -0.15) is 0 Å². The number of halogens is 1. The minimum atomic E-state index is -0.0256. The lowest BCUT2D eigenvalue weighted by Crippen LogP contribution is -2.21. The first-order valence-electron chi connectivity index (χ1n) is 7.66. The van der Waals surface area contributed by atoms with E-state index >= 15 is 0 Å². The molecular weight excluding hydrogens is 308 g/mol. The molecule has 1 aromatic heterocycles. The van der Waals surface area contributed by atoms with Gasteiger partial charge in [0.25, 0.3) is 0 Å². The lowest BCUT2D eigenvalue weighted by Gasteiger charge is -2.21. The smallest absolute Gasteiger partial charge is 0.125 e. The van der Waals surface area contributed by atoms with Crippen LogP contribution in [0.1, 0.15) is 25.0 Å². The van der Waals surface area contributed by atoms with Gasteiger partial charge in [-0.25, -0.2) is 0 Å². The fraction of sp³-hybridized carbons (Fsp3) is 0.263. The summed E-state index contributed by atoms with van der Waals surface area (Å²) in [6, 6.07) is 18.7. The summed E-state index contributed by atoms with van der Waals surface area (Å²) in [5.74, 6) is 0.883. The summed E-state index contributed by atoms with van der Waals surface area (Å²) in [5, 5.41) is 1.19. The summed E-state index contributed by atoms with van der Waals surface area (Å²) in [7, 11) is 2.05. The predicted molar refractivity (Wildman–Crippen MR) is 98.2 cm³/mol. The molecule has 3 aromatic rings. The second-order valence-corrected chi connectivity index (χ2v) is 5.88. The number of hydrogen-bond acceptors (Lipinski definition) is 2. The van der Waals surface area contributed by atoms with E-state index < -0.39 is 0 Å². The maximum Gasteiger partial charge on any atom is 0.125 e. The monoisotopic (exact) mass is 330 g/mol. The van der Waals surface area contributed by atoms with Gasteiger partial charge in [-0.15, -0.1) is 12.4 Å². The number of aryl methyl sites for hydroxylation is 1. The highest BCUT2D eigenvalue weighted by molar-refractivity contribution is 5.85. The second kappa shape index (κ2) is 7.53. The second-order valence-electron chi connectivity index (χ2n) is 5.88. The number of hydrogen-bond donors (Lipinski definition) is 1. The molecule has 4 heteroatoms. The van der Waals surface area contributed by atoms with Crippen LogP contribution in [-0.2, 0) is 7.05 Å². The van der Waals surface area contributed by atoms with Crippen LogP contribution in [0.25, 0.3) is 10.9 Å². The van der Waals surface area contributed by atoms with Gasteiger partial charge in [-0.3, -0.25) is 0 Å².